The monoisotopic (exact) mass is 275 g/mol. The SMILES string of the molecule is CN(C(=O)c1cc(F)c(F)c(F)c1)C(C)(C)C(=O)O. The number of aliphatic carboxylic acids is 1. The van der Waals surface area contributed by atoms with Crippen LogP contribution in [0.15, 0.2) is 12.1 Å². The van der Waals surface area contributed by atoms with E-state index in [1.165, 1.54) is 20.9 Å². The van der Waals surface area contributed by atoms with Gasteiger partial charge in [-0.3, -0.25) is 4.79 Å². The van der Waals surface area contributed by atoms with Crippen LogP contribution in [-0.2, 0) is 4.79 Å². The van der Waals surface area contributed by atoms with Crippen molar-refractivity contribution >= 4 is 11.9 Å². The summed E-state index contributed by atoms with van der Waals surface area (Å²) < 4.78 is 38.8. The zero-order chi connectivity index (χ0) is 15.0. The fraction of sp³-hybridized carbons (Fsp3) is 0.333. The number of carbonyl (C=O) groups is 2. The van der Waals surface area contributed by atoms with Crippen molar-refractivity contribution in [1.82, 2.24) is 4.90 Å². The van der Waals surface area contributed by atoms with Crippen LogP contribution in [0.25, 0.3) is 0 Å². The first kappa shape index (κ1) is 15.0. The molecule has 0 saturated heterocycles. The van der Waals surface area contributed by atoms with Crippen LogP contribution in [-0.4, -0.2) is 34.5 Å². The number of carboxylic acid groups (broad SMARTS) is 1. The molecular formula is C12H12F3NO3. The molecule has 0 aliphatic carbocycles. The highest BCUT2D eigenvalue weighted by Crippen LogP contribution is 2.19. The molecule has 0 bridgehead atoms. The predicted molar refractivity (Wildman–Crippen MR) is 60.1 cm³/mol. The Labute approximate surface area is 107 Å². The van der Waals surface area contributed by atoms with E-state index < -0.39 is 40.4 Å². The lowest BCUT2D eigenvalue weighted by atomic mass is 10.0. The molecule has 0 unspecified atom stereocenters. The zero-order valence-electron chi connectivity index (χ0n) is 10.5. The van der Waals surface area contributed by atoms with Crippen molar-refractivity contribution < 1.29 is 27.9 Å². The van der Waals surface area contributed by atoms with Crippen LogP contribution in [0.4, 0.5) is 13.2 Å². The van der Waals surface area contributed by atoms with E-state index in [0.717, 1.165) is 4.90 Å². The van der Waals surface area contributed by atoms with Gasteiger partial charge in [0, 0.05) is 12.6 Å². The summed E-state index contributed by atoms with van der Waals surface area (Å²) in [7, 11) is 1.18. The number of carboxylic acids is 1. The number of carbonyl (C=O) groups excluding carboxylic acids is 1. The first-order valence-corrected chi connectivity index (χ1v) is 5.25. The van der Waals surface area contributed by atoms with Gasteiger partial charge in [-0.25, -0.2) is 18.0 Å². The molecule has 0 aromatic heterocycles. The Bertz CT molecular complexity index is 520. The minimum atomic E-state index is -1.68. The Morgan fingerprint density at radius 1 is 1.16 bits per heavy atom. The number of likely N-dealkylation sites (N-methyl/N-ethyl adjacent to an activating group) is 1. The molecule has 1 aromatic carbocycles. The van der Waals surface area contributed by atoms with Crippen LogP contribution in [0.2, 0.25) is 0 Å². The van der Waals surface area contributed by atoms with E-state index in [1.807, 2.05) is 0 Å². The summed E-state index contributed by atoms with van der Waals surface area (Å²) in [5.41, 5.74) is -2.04. The maximum atomic E-state index is 13.0. The second-order valence-corrected chi connectivity index (χ2v) is 4.48. The second kappa shape index (κ2) is 4.91. The third-order valence-corrected chi connectivity index (χ3v) is 2.90. The van der Waals surface area contributed by atoms with Gasteiger partial charge in [0.05, 0.1) is 0 Å². The van der Waals surface area contributed by atoms with Gasteiger partial charge in [0.1, 0.15) is 5.54 Å². The summed E-state index contributed by atoms with van der Waals surface area (Å²) in [5.74, 6) is -6.91. The third kappa shape index (κ3) is 2.69. The number of halogens is 3. The van der Waals surface area contributed by atoms with Gasteiger partial charge in [-0.15, -0.1) is 0 Å². The van der Waals surface area contributed by atoms with Crippen LogP contribution in [0.1, 0.15) is 24.2 Å². The Balaban J connectivity index is 3.18. The Morgan fingerprint density at radius 3 is 1.95 bits per heavy atom. The first-order chi connectivity index (χ1) is 8.59. The fourth-order valence-electron chi connectivity index (χ4n) is 1.27. The standard InChI is InChI=1S/C12H12F3NO3/c1-12(2,11(18)19)16(3)10(17)6-4-7(13)9(15)8(14)5-6/h4-5H,1-3H3,(H,18,19). The molecule has 7 heteroatoms. The number of hydrogen-bond acceptors (Lipinski definition) is 2. The molecule has 4 nitrogen and oxygen atoms in total. The van der Waals surface area contributed by atoms with Crippen molar-refractivity contribution in [3.63, 3.8) is 0 Å². The Hall–Kier alpha value is -2.05. The van der Waals surface area contributed by atoms with E-state index in [4.69, 9.17) is 5.11 Å². The lowest BCUT2D eigenvalue weighted by molar-refractivity contribution is -0.147. The maximum Gasteiger partial charge on any atom is 0.329 e. The van der Waals surface area contributed by atoms with E-state index in [0.29, 0.717) is 12.1 Å². The summed E-state index contributed by atoms with van der Waals surface area (Å²) in [6.07, 6.45) is 0. The van der Waals surface area contributed by atoms with Gasteiger partial charge in [-0.05, 0) is 26.0 Å². The average molecular weight is 275 g/mol. The molecule has 0 fully saturated rings. The van der Waals surface area contributed by atoms with Crippen LogP contribution in [0, 0.1) is 17.5 Å². The number of hydrogen-bond donors (Lipinski definition) is 1. The quantitative estimate of drug-likeness (QED) is 0.859. The van der Waals surface area contributed by atoms with Crippen molar-refractivity contribution in [3.05, 3.63) is 35.1 Å². The van der Waals surface area contributed by atoms with E-state index >= 15 is 0 Å². The van der Waals surface area contributed by atoms with Gasteiger partial charge in [-0.2, -0.15) is 0 Å². The number of nitrogens with zero attached hydrogens (tertiary/aromatic N) is 1. The number of amides is 1. The smallest absolute Gasteiger partial charge is 0.329 e. The summed E-state index contributed by atoms with van der Waals surface area (Å²) >= 11 is 0. The molecule has 0 aliphatic rings. The zero-order valence-corrected chi connectivity index (χ0v) is 10.5. The maximum absolute atomic E-state index is 13.0. The lowest BCUT2D eigenvalue weighted by Crippen LogP contribution is -2.50. The minimum Gasteiger partial charge on any atom is -0.480 e. The molecule has 1 rings (SSSR count). The molecule has 0 radical (unpaired) electrons. The average Bonchev–Trinajstić information content (AvgIpc) is 2.33. The molecule has 0 aliphatic heterocycles. The molecule has 19 heavy (non-hydrogen) atoms. The van der Waals surface area contributed by atoms with Gasteiger partial charge in [-0.1, -0.05) is 0 Å². The minimum absolute atomic E-state index is 0.465. The van der Waals surface area contributed by atoms with Crippen molar-refractivity contribution in [2.24, 2.45) is 0 Å². The number of benzene rings is 1. The highest BCUT2D eigenvalue weighted by atomic mass is 19.2. The van der Waals surface area contributed by atoms with E-state index in [1.54, 1.807) is 0 Å². The summed E-state index contributed by atoms with van der Waals surface area (Å²) in [6, 6.07) is 1.05. The molecular weight excluding hydrogens is 263 g/mol. The largest absolute Gasteiger partial charge is 0.480 e. The van der Waals surface area contributed by atoms with Crippen LogP contribution in [0.3, 0.4) is 0 Å². The molecule has 0 saturated carbocycles. The Morgan fingerprint density at radius 2 is 1.58 bits per heavy atom. The van der Waals surface area contributed by atoms with Crippen molar-refractivity contribution in [3.8, 4) is 0 Å². The third-order valence-electron chi connectivity index (χ3n) is 2.90. The predicted octanol–water partition coefficient (Wildman–Crippen LogP) is 2.04. The molecule has 1 aromatic rings. The molecule has 0 heterocycles. The highest BCUT2D eigenvalue weighted by molar-refractivity contribution is 5.97. The molecule has 104 valence electrons. The fourth-order valence-corrected chi connectivity index (χ4v) is 1.27. The first-order valence-electron chi connectivity index (χ1n) is 5.25. The van der Waals surface area contributed by atoms with Gasteiger partial charge in [0.25, 0.3) is 5.91 Å². The normalized spacial score (nSPS) is 11.3. The lowest BCUT2D eigenvalue weighted by Gasteiger charge is -2.31. The summed E-state index contributed by atoms with van der Waals surface area (Å²) in [4.78, 5) is 23.7. The highest BCUT2D eigenvalue weighted by Gasteiger charge is 2.36. The van der Waals surface area contributed by atoms with Gasteiger partial charge < -0.3 is 10.0 Å². The Kier molecular flexibility index (Phi) is 3.88. The van der Waals surface area contributed by atoms with Crippen LogP contribution >= 0.6 is 0 Å². The molecule has 1 N–H and O–H groups in total. The van der Waals surface area contributed by atoms with Gasteiger partial charge in [0.15, 0.2) is 17.5 Å². The van der Waals surface area contributed by atoms with E-state index in [9.17, 15) is 22.8 Å². The van der Waals surface area contributed by atoms with Gasteiger partial charge >= 0.3 is 5.97 Å². The van der Waals surface area contributed by atoms with E-state index in [2.05, 4.69) is 0 Å². The van der Waals surface area contributed by atoms with Crippen LogP contribution < -0.4 is 0 Å². The second-order valence-electron chi connectivity index (χ2n) is 4.48. The van der Waals surface area contributed by atoms with Gasteiger partial charge in [0.2, 0.25) is 0 Å². The summed E-state index contributed by atoms with van der Waals surface area (Å²) in [6.45, 7) is 2.51. The molecule has 0 spiro atoms. The van der Waals surface area contributed by atoms with Crippen LogP contribution in [0.5, 0.6) is 0 Å². The summed E-state index contributed by atoms with van der Waals surface area (Å²) in [5, 5.41) is 8.96. The van der Waals surface area contributed by atoms with Crippen molar-refractivity contribution in [2.75, 3.05) is 7.05 Å². The van der Waals surface area contributed by atoms with E-state index in [-0.39, 0.29) is 0 Å². The van der Waals surface area contributed by atoms with Crippen molar-refractivity contribution in [1.29, 1.82) is 0 Å². The molecule has 1 amide bonds. The topological polar surface area (TPSA) is 57.6 Å². The van der Waals surface area contributed by atoms with Crippen molar-refractivity contribution in [2.45, 2.75) is 19.4 Å². The number of rotatable bonds is 3. The molecule has 0 atom stereocenters.